The summed E-state index contributed by atoms with van der Waals surface area (Å²) in [6.45, 7) is 6.61. The summed E-state index contributed by atoms with van der Waals surface area (Å²) in [6, 6.07) is 0.757. The third-order valence-electron chi connectivity index (χ3n) is 2.97. The van der Waals surface area contributed by atoms with Crippen LogP contribution < -0.4 is 5.32 Å². The minimum Gasteiger partial charge on any atom is -0.385 e. The van der Waals surface area contributed by atoms with E-state index in [2.05, 4.69) is 19.2 Å². The van der Waals surface area contributed by atoms with Crippen LogP contribution in [0.5, 0.6) is 0 Å². The summed E-state index contributed by atoms with van der Waals surface area (Å²) in [5.74, 6) is 0. The fraction of sp³-hybridized carbons (Fsp3) is 1.00. The quantitative estimate of drug-likeness (QED) is 0.515. The Balaban J connectivity index is 3.36. The van der Waals surface area contributed by atoms with Crippen molar-refractivity contribution >= 4 is 0 Å². The highest BCUT2D eigenvalue weighted by molar-refractivity contribution is 4.65. The van der Waals surface area contributed by atoms with Gasteiger partial charge in [-0.25, -0.2) is 0 Å². The normalized spacial score (nSPS) is 12.9. The van der Waals surface area contributed by atoms with Crippen LogP contribution in [0.3, 0.4) is 0 Å². The van der Waals surface area contributed by atoms with Crippen LogP contribution in [0.4, 0.5) is 0 Å². The van der Waals surface area contributed by atoms with Crippen molar-refractivity contribution in [2.24, 2.45) is 0 Å². The minimum atomic E-state index is 0.757. The average molecular weight is 229 g/mol. The SMILES string of the molecule is CCCNC(CCC)CCCCCCOC. The lowest BCUT2D eigenvalue weighted by molar-refractivity contribution is 0.191. The second kappa shape index (κ2) is 13.0. The Hall–Kier alpha value is -0.0800. The Morgan fingerprint density at radius 3 is 2.31 bits per heavy atom. The Labute approximate surface area is 102 Å². The summed E-state index contributed by atoms with van der Waals surface area (Å²) >= 11 is 0. The molecule has 1 unspecified atom stereocenters. The maximum Gasteiger partial charge on any atom is 0.0462 e. The number of hydrogen-bond acceptors (Lipinski definition) is 2. The maximum absolute atomic E-state index is 5.05. The molecule has 0 aromatic carbocycles. The van der Waals surface area contributed by atoms with Crippen LogP contribution in [0.2, 0.25) is 0 Å². The van der Waals surface area contributed by atoms with Crippen molar-refractivity contribution in [3.05, 3.63) is 0 Å². The molecule has 0 amide bonds. The predicted octanol–water partition coefficient (Wildman–Crippen LogP) is 3.75. The average Bonchev–Trinajstić information content (AvgIpc) is 2.30. The molecule has 0 heterocycles. The van der Waals surface area contributed by atoms with E-state index in [9.17, 15) is 0 Å². The first-order valence-electron chi connectivity index (χ1n) is 7.07. The van der Waals surface area contributed by atoms with Gasteiger partial charge in [-0.1, -0.05) is 39.5 Å². The molecule has 1 N–H and O–H groups in total. The lowest BCUT2D eigenvalue weighted by Crippen LogP contribution is -2.29. The maximum atomic E-state index is 5.05. The number of ether oxygens (including phenoxy) is 1. The molecule has 16 heavy (non-hydrogen) atoms. The molecule has 0 radical (unpaired) electrons. The molecular weight excluding hydrogens is 198 g/mol. The fourth-order valence-electron chi connectivity index (χ4n) is 2.04. The zero-order chi connectivity index (χ0) is 12.1. The van der Waals surface area contributed by atoms with Gasteiger partial charge >= 0.3 is 0 Å². The van der Waals surface area contributed by atoms with Gasteiger partial charge in [0.2, 0.25) is 0 Å². The van der Waals surface area contributed by atoms with Gasteiger partial charge in [-0.15, -0.1) is 0 Å². The molecule has 0 spiro atoms. The van der Waals surface area contributed by atoms with Crippen molar-refractivity contribution in [2.75, 3.05) is 20.3 Å². The lowest BCUT2D eigenvalue weighted by atomic mass is 10.0. The van der Waals surface area contributed by atoms with E-state index >= 15 is 0 Å². The summed E-state index contributed by atoms with van der Waals surface area (Å²) in [4.78, 5) is 0. The van der Waals surface area contributed by atoms with E-state index in [1.807, 2.05) is 0 Å². The largest absolute Gasteiger partial charge is 0.385 e. The van der Waals surface area contributed by atoms with E-state index in [0.29, 0.717) is 0 Å². The molecule has 0 saturated heterocycles. The summed E-state index contributed by atoms with van der Waals surface area (Å²) < 4.78 is 5.05. The molecule has 0 aliphatic rings. The van der Waals surface area contributed by atoms with E-state index in [1.54, 1.807) is 7.11 Å². The highest BCUT2D eigenvalue weighted by atomic mass is 16.5. The van der Waals surface area contributed by atoms with Gasteiger partial charge in [0.15, 0.2) is 0 Å². The second-order valence-corrected chi connectivity index (χ2v) is 4.64. The molecule has 2 heteroatoms. The minimum absolute atomic E-state index is 0.757. The van der Waals surface area contributed by atoms with Gasteiger partial charge in [-0.3, -0.25) is 0 Å². The Bertz CT molecular complexity index is 128. The zero-order valence-corrected chi connectivity index (χ0v) is 11.6. The summed E-state index contributed by atoms with van der Waals surface area (Å²) in [5, 5.41) is 3.65. The number of methoxy groups -OCH3 is 1. The van der Waals surface area contributed by atoms with Gasteiger partial charge in [-0.05, 0) is 32.2 Å². The van der Waals surface area contributed by atoms with Gasteiger partial charge in [0.25, 0.3) is 0 Å². The second-order valence-electron chi connectivity index (χ2n) is 4.64. The molecule has 0 rings (SSSR count). The number of rotatable bonds is 12. The van der Waals surface area contributed by atoms with Crippen LogP contribution in [0, 0.1) is 0 Å². The molecule has 1 atom stereocenters. The van der Waals surface area contributed by atoms with Crippen molar-refractivity contribution in [3.63, 3.8) is 0 Å². The molecule has 0 aliphatic carbocycles. The first-order chi connectivity index (χ1) is 7.85. The van der Waals surface area contributed by atoms with E-state index in [4.69, 9.17) is 4.74 Å². The van der Waals surface area contributed by atoms with Gasteiger partial charge in [-0.2, -0.15) is 0 Å². The summed E-state index contributed by atoms with van der Waals surface area (Å²) in [6.07, 6.45) is 10.5. The smallest absolute Gasteiger partial charge is 0.0462 e. The van der Waals surface area contributed by atoms with E-state index < -0.39 is 0 Å². The molecule has 0 saturated carbocycles. The van der Waals surface area contributed by atoms with Crippen LogP contribution in [-0.4, -0.2) is 26.3 Å². The molecule has 0 aromatic heterocycles. The van der Waals surface area contributed by atoms with Gasteiger partial charge < -0.3 is 10.1 Å². The first kappa shape index (κ1) is 15.9. The van der Waals surface area contributed by atoms with Crippen molar-refractivity contribution in [1.82, 2.24) is 5.32 Å². The fourth-order valence-corrected chi connectivity index (χ4v) is 2.04. The van der Waals surface area contributed by atoms with Crippen molar-refractivity contribution in [3.8, 4) is 0 Å². The molecule has 0 aromatic rings. The third kappa shape index (κ3) is 10.4. The zero-order valence-electron chi connectivity index (χ0n) is 11.6. The van der Waals surface area contributed by atoms with Crippen molar-refractivity contribution in [2.45, 2.75) is 71.3 Å². The highest BCUT2D eigenvalue weighted by Crippen LogP contribution is 2.09. The van der Waals surface area contributed by atoms with Gasteiger partial charge in [0, 0.05) is 19.8 Å². The number of nitrogens with one attached hydrogen (secondary N) is 1. The Morgan fingerprint density at radius 2 is 1.69 bits per heavy atom. The highest BCUT2D eigenvalue weighted by Gasteiger charge is 2.05. The monoisotopic (exact) mass is 229 g/mol. The first-order valence-corrected chi connectivity index (χ1v) is 7.07. The standard InChI is InChI=1S/C14H31NO/c1-4-10-14(15-12-5-2)11-8-6-7-9-13-16-3/h14-15H,4-13H2,1-3H3. The molecule has 2 nitrogen and oxygen atoms in total. The van der Waals surface area contributed by atoms with E-state index in [-0.39, 0.29) is 0 Å². The topological polar surface area (TPSA) is 21.3 Å². The summed E-state index contributed by atoms with van der Waals surface area (Å²) in [5.41, 5.74) is 0. The van der Waals surface area contributed by atoms with Gasteiger partial charge in [0.05, 0.1) is 0 Å². The van der Waals surface area contributed by atoms with Crippen LogP contribution >= 0.6 is 0 Å². The Morgan fingerprint density at radius 1 is 0.938 bits per heavy atom. The third-order valence-corrected chi connectivity index (χ3v) is 2.97. The van der Waals surface area contributed by atoms with Gasteiger partial charge in [0.1, 0.15) is 0 Å². The van der Waals surface area contributed by atoms with Crippen LogP contribution in [0.1, 0.15) is 65.2 Å². The predicted molar refractivity (Wildman–Crippen MR) is 72.0 cm³/mol. The molecular formula is C14H31NO. The molecule has 98 valence electrons. The van der Waals surface area contributed by atoms with Crippen LogP contribution in [0.25, 0.3) is 0 Å². The lowest BCUT2D eigenvalue weighted by Gasteiger charge is -2.17. The number of unbranched alkanes of at least 4 members (excludes halogenated alkanes) is 3. The van der Waals surface area contributed by atoms with Crippen molar-refractivity contribution < 1.29 is 4.74 Å². The van der Waals surface area contributed by atoms with Crippen LogP contribution in [-0.2, 0) is 4.74 Å². The van der Waals surface area contributed by atoms with Crippen molar-refractivity contribution in [1.29, 1.82) is 0 Å². The molecule has 0 fully saturated rings. The van der Waals surface area contributed by atoms with E-state index in [1.165, 1.54) is 57.9 Å². The van der Waals surface area contributed by atoms with Crippen LogP contribution in [0.15, 0.2) is 0 Å². The number of hydrogen-bond donors (Lipinski definition) is 1. The molecule has 0 aliphatic heterocycles. The Kier molecular flexibility index (Phi) is 12.9. The van der Waals surface area contributed by atoms with E-state index in [0.717, 1.165) is 12.6 Å². The molecule has 0 bridgehead atoms. The summed E-state index contributed by atoms with van der Waals surface area (Å²) in [7, 11) is 1.78.